The molecule has 9 heteroatoms. The Morgan fingerprint density at radius 1 is 1.20 bits per heavy atom. The van der Waals surface area contributed by atoms with Gasteiger partial charge in [-0.25, -0.2) is 13.2 Å². The summed E-state index contributed by atoms with van der Waals surface area (Å²) in [5, 5.41) is 11.4. The minimum absolute atomic E-state index is 0.0179. The number of carbonyl (C=O) groups is 3. The van der Waals surface area contributed by atoms with Gasteiger partial charge < -0.3 is 14.6 Å². The van der Waals surface area contributed by atoms with Gasteiger partial charge in [-0.3, -0.25) is 14.4 Å². The topological polar surface area (TPSA) is 89.9 Å². The van der Waals surface area contributed by atoms with E-state index < -0.39 is 83.1 Å². The summed E-state index contributed by atoms with van der Waals surface area (Å²) in [6, 6.07) is 0. The molecule has 3 saturated carbocycles. The smallest absolute Gasteiger partial charge is 0.312 e. The number of halogens is 3. The Morgan fingerprint density at radius 3 is 2.51 bits per heavy atom. The lowest BCUT2D eigenvalue weighted by Crippen LogP contribution is -2.70. The number of ether oxygens (including phenoxy) is 2. The third kappa shape index (κ3) is 3.36. The molecule has 0 radical (unpaired) electrons. The van der Waals surface area contributed by atoms with Crippen LogP contribution in [0.3, 0.4) is 0 Å². The fraction of sp³-hybridized carbons (Fsp3) is 0.731. The second-order valence-corrected chi connectivity index (χ2v) is 11.0. The average molecular weight is 499 g/mol. The summed E-state index contributed by atoms with van der Waals surface area (Å²) in [7, 11) is 0. The number of allylic oxidation sites excluding steroid dienone is 4. The molecule has 4 aliphatic rings. The molecule has 0 heterocycles. The minimum Gasteiger partial charge on any atom is -0.458 e. The zero-order valence-corrected chi connectivity index (χ0v) is 20.5. The quantitative estimate of drug-likeness (QED) is 0.574. The Balaban J connectivity index is 1.84. The van der Waals surface area contributed by atoms with E-state index in [1.807, 2.05) is 0 Å². The summed E-state index contributed by atoms with van der Waals surface area (Å²) in [6.45, 7) is 5.26. The number of hydrogen-bond donors (Lipinski definition) is 1. The summed E-state index contributed by atoms with van der Waals surface area (Å²) in [6.07, 6.45) is -0.0623. The van der Waals surface area contributed by atoms with Crippen molar-refractivity contribution in [1.82, 2.24) is 0 Å². The van der Waals surface area contributed by atoms with Crippen LogP contribution >= 0.6 is 0 Å². The van der Waals surface area contributed by atoms with Gasteiger partial charge in [0, 0.05) is 23.2 Å². The standard InChI is InChI=1S/C26H33F3O6/c1-5-21(32)35-25(12-22(33)34-13-27)14(2)8-16-17-10-19(28)18-9-15(30)6-7-23(18,3)26(17,29)20(31)11-24(16,25)4/h6-7,9,14,16-17,19-20,31H,5,8,10-13H2,1-4H3. The molecular weight excluding hydrogens is 465 g/mol. The maximum absolute atomic E-state index is 17.3. The summed E-state index contributed by atoms with van der Waals surface area (Å²) in [5.74, 6) is -3.93. The predicted molar refractivity (Wildman–Crippen MR) is 119 cm³/mol. The molecule has 0 aromatic carbocycles. The summed E-state index contributed by atoms with van der Waals surface area (Å²) in [4.78, 5) is 37.0. The van der Waals surface area contributed by atoms with Crippen molar-refractivity contribution in [1.29, 1.82) is 0 Å². The molecule has 6 nitrogen and oxygen atoms in total. The first-order chi connectivity index (χ1) is 16.3. The molecule has 3 fully saturated rings. The highest BCUT2D eigenvalue weighted by molar-refractivity contribution is 6.01. The average Bonchev–Trinajstić information content (AvgIpc) is 2.98. The van der Waals surface area contributed by atoms with Crippen molar-refractivity contribution in [3.05, 3.63) is 23.8 Å². The largest absolute Gasteiger partial charge is 0.458 e. The number of aliphatic hydroxyl groups is 1. The van der Waals surface area contributed by atoms with Crippen LogP contribution in [0, 0.1) is 28.6 Å². The Morgan fingerprint density at radius 2 is 1.89 bits per heavy atom. The van der Waals surface area contributed by atoms with E-state index in [0.717, 1.165) is 6.08 Å². The number of hydrogen-bond acceptors (Lipinski definition) is 6. The van der Waals surface area contributed by atoms with Gasteiger partial charge in [-0.05, 0) is 55.7 Å². The van der Waals surface area contributed by atoms with Gasteiger partial charge in [0.05, 0.1) is 12.5 Å². The first-order valence-corrected chi connectivity index (χ1v) is 12.2. The molecule has 4 rings (SSSR count). The van der Waals surface area contributed by atoms with Crippen molar-refractivity contribution in [3.63, 3.8) is 0 Å². The zero-order valence-electron chi connectivity index (χ0n) is 20.5. The molecule has 0 saturated heterocycles. The van der Waals surface area contributed by atoms with Crippen LogP contribution < -0.4 is 0 Å². The lowest BCUT2D eigenvalue weighted by molar-refractivity contribution is -0.236. The molecule has 9 atom stereocenters. The Hall–Kier alpha value is -2.16. The highest BCUT2D eigenvalue weighted by Gasteiger charge is 2.76. The summed E-state index contributed by atoms with van der Waals surface area (Å²) < 4.78 is 56.1. The Kier molecular flexibility index (Phi) is 6.26. The van der Waals surface area contributed by atoms with Crippen LogP contribution in [0.4, 0.5) is 13.2 Å². The maximum atomic E-state index is 17.3. The molecule has 4 aliphatic carbocycles. The van der Waals surface area contributed by atoms with Crippen molar-refractivity contribution in [2.75, 3.05) is 6.86 Å². The van der Waals surface area contributed by atoms with E-state index in [9.17, 15) is 23.9 Å². The number of esters is 2. The second kappa shape index (κ2) is 8.46. The van der Waals surface area contributed by atoms with Crippen molar-refractivity contribution in [2.45, 2.75) is 83.3 Å². The molecule has 0 aromatic heterocycles. The molecule has 0 amide bonds. The van der Waals surface area contributed by atoms with Gasteiger partial charge >= 0.3 is 11.9 Å². The van der Waals surface area contributed by atoms with E-state index in [0.29, 0.717) is 6.42 Å². The first kappa shape index (κ1) is 25.9. The van der Waals surface area contributed by atoms with Gasteiger partial charge in [0.25, 0.3) is 0 Å². The Labute approximate surface area is 202 Å². The summed E-state index contributed by atoms with van der Waals surface area (Å²) in [5.41, 5.74) is -6.40. The molecule has 1 N–H and O–H groups in total. The van der Waals surface area contributed by atoms with Gasteiger partial charge in [-0.2, -0.15) is 0 Å². The minimum atomic E-state index is -2.28. The number of carbonyl (C=O) groups excluding carboxylic acids is 3. The van der Waals surface area contributed by atoms with Crippen molar-refractivity contribution in [3.8, 4) is 0 Å². The monoisotopic (exact) mass is 498 g/mol. The van der Waals surface area contributed by atoms with E-state index >= 15 is 8.78 Å². The van der Waals surface area contributed by atoms with Gasteiger partial charge in [0.1, 0.15) is 11.8 Å². The highest BCUT2D eigenvalue weighted by Crippen LogP contribution is 2.72. The van der Waals surface area contributed by atoms with Crippen molar-refractivity contribution in [2.24, 2.45) is 28.6 Å². The van der Waals surface area contributed by atoms with Gasteiger partial charge in [0.15, 0.2) is 11.5 Å². The van der Waals surface area contributed by atoms with Crippen molar-refractivity contribution < 1.29 is 42.1 Å². The van der Waals surface area contributed by atoms with Crippen LogP contribution in [0.1, 0.15) is 59.8 Å². The van der Waals surface area contributed by atoms with E-state index in [2.05, 4.69) is 4.74 Å². The molecule has 0 aromatic rings. The summed E-state index contributed by atoms with van der Waals surface area (Å²) >= 11 is 0. The second-order valence-electron chi connectivity index (χ2n) is 11.0. The number of rotatable bonds is 5. The van der Waals surface area contributed by atoms with Crippen LogP contribution in [-0.4, -0.2) is 53.2 Å². The molecular formula is C26H33F3O6. The molecule has 0 spiro atoms. The van der Waals surface area contributed by atoms with E-state index in [1.54, 1.807) is 20.8 Å². The lowest BCUT2D eigenvalue weighted by atomic mass is 9.44. The third-order valence-electron chi connectivity index (χ3n) is 9.60. The number of fused-ring (bicyclic) bond motifs is 5. The fourth-order valence-corrected chi connectivity index (χ4v) is 7.84. The van der Waals surface area contributed by atoms with Gasteiger partial charge in [0.2, 0.25) is 6.86 Å². The Bertz CT molecular complexity index is 996. The van der Waals surface area contributed by atoms with Crippen LogP contribution in [0.2, 0.25) is 0 Å². The van der Waals surface area contributed by atoms with Crippen molar-refractivity contribution >= 4 is 17.7 Å². The molecule has 9 unspecified atom stereocenters. The van der Waals surface area contributed by atoms with E-state index in [1.165, 1.54) is 19.1 Å². The molecule has 0 bridgehead atoms. The molecule has 0 aliphatic heterocycles. The maximum Gasteiger partial charge on any atom is 0.312 e. The number of ketones is 1. The van der Waals surface area contributed by atoms with Crippen LogP contribution in [-0.2, 0) is 23.9 Å². The molecule has 194 valence electrons. The van der Waals surface area contributed by atoms with Gasteiger partial charge in [-0.1, -0.05) is 26.8 Å². The molecule has 35 heavy (non-hydrogen) atoms. The first-order valence-electron chi connectivity index (χ1n) is 12.2. The third-order valence-corrected chi connectivity index (χ3v) is 9.60. The SMILES string of the molecule is CCC(=O)OC1(CC(=O)OCF)C(C)CC2C3CC(F)C4=CC(=O)C=CC4(C)C3(F)C(O)CC21C. The van der Waals surface area contributed by atoms with Crippen LogP contribution in [0.25, 0.3) is 0 Å². The fourth-order valence-electron chi connectivity index (χ4n) is 7.84. The van der Waals surface area contributed by atoms with E-state index in [4.69, 9.17) is 4.74 Å². The number of alkyl halides is 3. The van der Waals surface area contributed by atoms with Crippen LogP contribution in [0.5, 0.6) is 0 Å². The van der Waals surface area contributed by atoms with Gasteiger partial charge in [-0.15, -0.1) is 0 Å². The predicted octanol–water partition coefficient (Wildman–Crippen LogP) is 4.10. The van der Waals surface area contributed by atoms with E-state index in [-0.39, 0.29) is 24.8 Å². The normalized spacial score (nSPS) is 46.2. The lowest BCUT2D eigenvalue weighted by Gasteiger charge is -2.63. The zero-order chi connectivity index (χ0) is 26.0. The number of aliphatic hydroxyl groups excluding tert-OH is 1. The van der Waals surface area contributed by atoms with Crippen LogP contribution in [0.15, 0.2) is 23.8 Å². The highest BCUT2D eigenvalue weighted by atomic mass is 19.1.